The number of hydrogen-bond acceptors (Lipinski definition) is 5. The van der Waals surface area contributed by atoms with Crippen molar-refractivity contribution >= 4 is 17.4 Å². The van der Waals surface area contributed by atoms with Crippen molar-refractivity contribution in [1.29, 1.82) is 0 Å². The van der Waals surface area contributed by atoms with E-state index in [1.54, 1.807) is 7.05 Å². The van der Waals surface area contributed by atoms with Gasteiger partial charge in [-0.25, -0.2) is 4.98 Å². The second kappa shape index (κ2) is 8.01. The Labute approximate surface area is 159 Å². The fourth-order valence-corrected chi connectivity index (χ4v) is 2.99. The number of aryl methyl sites for hydroxylation is 1. The summed E-state index contributed by atoms with van der Waals surface area (Å²) in [6, 6.07) is 6.35. The number of hydrogen-bond donors (Lipinski definition) is 1. The van der Waals surface area contributed by atoms with Gasteiger partial charge in [0.1, 0.15) is 5.82 Å². The van der Waals surface area contributed by atoms with Gasteiger partial charge >= 0.3 is 6.18 Å². The summed E-state index contributed by atoms with van der Waals surface area (Å²) in [7, 11) is 1.62. The summed E-state index contributed by atoms with van der Waals surface area (Å²) in [5.41, 5.74) is -1.27. The molecule has 2 aromatic rings. The van der Waals surface area contributed by atoms with Crippen molar-refractivity contribution in [2.24, 2.45) is 7.05 Å². The second-order valence-electron chi connectivity index (χ2n) is 6.55. The summed E-state index contributed by atoms with van der Waals surface area (Å²) in [5.74, 6) is 0.0724. The molecule has 1 aliphatic heterocycles. The number of aromatic nitrogens is 2. The molecule has 1 N–H and O–H groups in total. The number of nitrogens with zero attached hydrogens (tertiary/aromatic N) is 4. The standard InChI is InChI=1S/C18H20F3N5O2/c1-24-12-22-15(10-17(24)28)26-8-6-25(7-9-26)11-16(27)23-14-5-3-2-4-13(14)18(19,20)21/h2-5,10,12H,6-9,11H2,1H3,(H,23,27). The predicted octanol–water partition coefficient (Wildman–Crippen LogP) is 1.56. The van der Waals surface area contributed by atoms with E-state index in [2.05, 4.69) is 10.3 Å². The second-order valence-corrected chi connectivity index (χ2v) is 6.55. The molecule has 0 unspecified atom stereocenters. The van der Waals surface area contributed by atoms with Crippen molar-refractivity contribution in [3.8, 4) is 0 Å². The highest BCUT2D eigenvalue weighted by Gasteiger charge is 2.33. The molecule has 150 valence electrons. The van der Waals surface area contributed by atoms with Crippen LogP contribution < -0.4 is 15.8 Å². The van der Waals surface area contributed by atoms with Crippen LogP contribution >= 0.6 is 0 Å². The van der Waals surface area contributed by atoms with E-state index >= 15 is 0 Å². The number of carbonyl (C=O) groups excluding carboxylic acids is 1. The summed E-state index contributed by atoms with van der Waals surface area (Å²) in [6.07, 6.45) is -3.08. The van der Waals surface area contributed by atoms with Gasteiger partial charge in [0.05, 0.1) is 24.1 Å². The summed E-state index contributed by atoms with van der Waals surface area (Å²) in [5, 5.41) is 2.35. The smallest absolute Gasteiger partial charge is 0.354 e. The predicted molar refractivity (Wildman–Crippen MR) is 98.2 cm³/mol. The molecule has 1 fully saturated rings. The Morgan fingerprint density at radius 3 is 2.50 bits per heavy atom. The van der Waals surface area contributed by atoms with Crippen LogP contribution in [0.25, 0.3) is 0 Å². The van der Waals surface area contributed by atoms with Gasteiger partial charge in [-0.1, -0.05) is 12.1 Å². The molecule has 0 spiro atoms. The molecule has 0 bridgehead atoms. The molecule has 1 amide bonds. The first-order valence-electron chi connectivity index (χ1n) is 8.70. The molecule has 2 heterocycles. The van der Waals surface area contributed by atoms with E-state index < -0.39 is 17.6 Å². The first-order chi connectivity index (χ1) is 13.2. The Balaban J connectivity index is 1.56. The van der Waals surface area contributed by atoms with Crippen LogP contribution in [-0.4, -0.2) is 53.1 Å². The third-order valence-electron chi connectivity index (χ3n) is 4.53. The number of amides is 1. The molecule has 0 atom stereocenters. The van der Waals surface area contributed by atoms with Gasteiger partial charge in [0.15, 0.2) is 0 Å². The maximum absolute atomic E-state index is 13.0. The number of para-hydroxylation sites is 1. The lowest BCUT2D eigenvalue weighted by atomic mass is 10.1. The third-order valence-corrected chi connectivity index (χ3v) is 4.53. The number of piperazine rings is 1. The van der Waals surface area contributed by atoms with Crippen LogP contribution in [0, 0.1) is 0 Å². The number of benzene rings is 1. The van der Waals surface area contributed by atoms with Crippen LogP contribution in [0.3, 0.4) is 0 Å². The molecular formula is C18H20F3N5O2. The number of alkyl halides is 3. The molecule has 1 aromatic carbocycles. The van der Waals surface area contributed by atoms with Crippen LogP contribution in [0.1, 0.15) is 5.56 Å². The van der Waals surface area contributed by atoms with E-state index in [1.165, 1.54) is 35.2 Å². The van der Waals surface area contributed by atoms with Crippen molar-refractivity contribution in [3.05, 3.63) is 52.6 Å². The van der Waals surface area contributed by atoms with Crippen LogP contribution in [0.15, 0.2) is 41.5 Å². The van der Waals surface area contributed by atoms with E-state index in [9.17, 15) is 22.8 Å². The summed E-state index contributed by atoms with van der Waals surface area (Å²) in [6.45, 7) is 2.18. The summed E-state index contributed by atoms with van der Waals surface area (Å²) in [4.78, 5) is 31.9. The lowest BCUT2D eigenvalue weighted by molar-refractivity contribution is -0.137. The van der Waals surface area contributed by atoms with Crippen LogP contribution in [0.2, 0.25) is 0 Å². The first-order valence-corrected chi connectivity index (χ1v) is 8.70. The lowest BCUT2D eigenvalue weighted by Crippen LogP contribution is -2.49. The molecule has 7 nitrogen and oxygen atoms in total. The van der Waals surface area contributed by atoms with Gasteiger partial charge in [-0.3, -0.25) is 14.5 Å². The number of halogens is 3. The zero-order valence-corrected chi connectivity index (χ0v) is 15.2. The highest BCUT2D eigenvalue weighted by atomic mass is 19.4. The normalized spacial score (nSPS) is 15.5. The Morgan fingerprint density at radius 1 is 1.18 bits per heavy atom. The summed E-state index contributed by atoms with van der Waals surface area (Å²) >= 11 is 0. The SMILES string of the molecule is Cn1cnc(N2CCN(CC(=O)Nc3ccccc3C(F)(F)F)CC2)cc1=O. The van der Waals surface area contributed by atoms with Gasteiger partial charge in [-0.15, -0.1) is 0 Å². The van der Waals surface area contributed by atoms with E-state index in [1.807, 2.05) is 9.80 Å². The lowest BCUT2D eigenvalue weighted by Gasteiger charge is -2.34. The van der Waals surface area contributed by atoms with Gasteiger partial charge < -0.3 is 14.8 Å². The van der Waals surface area contributed by atoms with E-state index in [0.717, 1.165) is 6.07 Å². The van der Waals surface area contributed by atoms with Gasteiger partial charge in [-0.2, -0.15) is 13.2 Å². The zero-order chi connectivity index (χ0) is 20.3. The molecule has 1 aromatic heterocycles. The maximum Gasteiger partial charge on any atom is 0.418 e. The van der Waals surface area contributed by atoms with Crippen molar-refractivity contribution in [2.75, 3.05) is 42.9 Å². The minimum Gasteiger partial charge on any atom is -0.354 e. The number of anilines is 2. The van der Waals surface area contributed by atoms with Gasteiger partial charge in [-0.05, 0) is 12.1 Å². The van der Waals surface area contributed by atoms with Crippen LogP contribution in [0.4, 0.5) is 24.7 Å². The Bertz CT molecular complexity index is 905. The Hall–Kier alpha value is -2.88. The molecule has 3 rings (SSSR count). The topological polar surface area (TPSA) is 70.5 Å². The van der Waals surface area contributed by atoms with Crippen molar-refractivity contribution < 1.29 is 18.0 Å². The quantitative estimate of drug-likeness (QED) is 0.851. The fraction of sp³-hybridized carbons (Fsp3) is 0.389. The summed E-state index contributed by atoms with van der Waals surface area (Å²) < 4.78 is 40.4. The third kappa shape index (κ3) is 4.69. The van der Waals surface area contributed by atoms with E-state index in [0.29, 0.717) is 32.0 Å². The maximum atomic E-state index is 13.0. The van der Waals surface area contributed by atoms with Crippen molar-refractivity contribution in [1.82, 2.24) is 14.5 Å². The molecule has 0 saturated carbocycles. The average molecular weight is 395 g/mol. The molecule has 28 heavy (non-hydrogen) atoms. The molecule has 0 radical (unpaired) electrons. The molecule has 1 saturated heterocycles. The fourth-order valence-electron chi connectivity index (χ4n) is 2.99. The average Bonchev–Trinajstić information content (AvgIpc) is 2.64. The molecule has 10 heteroatoms. The first kappa shape index (κ1) is 19.9. The Morgan fingerprint density at radius 2 is 1.86 bits per heavy atom. The molecule has 1 aliphatic rings. The number of nitrogens with one attached hydrogen (secondary N) is 1. The van der Waals surface area contributed by atoms with E-state index in [4.69, 9.17) is 0 Å². The van der Waals surface area contributed by atoms with E-state index in [-0.39, 0.29) is 17.8 Å². The van der Waals surface area contributed by atoms with Crippen molar-refractivity contribution in [2.45, 2.75) is 6.18 Å². The van der Waals surface area contributed by atoms with Gasteiger partial charge in [0, 0.05) is 39.3 Å². The molecular weight excluding hydrogens is 375 g/mol. The van der Waals surface area contributed by atoms with Crippen LogP contribution in [-0.2, 0) is 18.0 Å². The monoisotopic (exact) mass is 395 g/mol. The highest BCUT2D eigenvalue weighted by Crippen LogP contribution is 2.34. The van der Waals surface area contributed by atoms with Gasteiger partial charge in [0.25, 0.3) is 5.56 Å². The largest absolute Gasteiger partial charge is 0.418 e. The molecule has 0 aliphatic carbocycles. The number of carbonyl (C=O) groups is 1. The van der Waals surface area contributed by atoms with Crippen LogP contribution in [0.5, 0.6) is 0 Å². The Kier molecular flexibility index (Phi) is 5.68. The zero-order valence-electron chi connectivity index (χ0n) is 15.2. The minimum atomic E-state index is -4.53. The van der Waals surface area contributed by atoms with Crippen molar-refractivity contribution in [3.63, 3.8) is 0 Å². The minimum absolute atomic E-state index is 0.00991. The van der Waals surface area contributed by atoms with Gasteiger partial charge in [0.2, 0.25) is 5.91 Å². The highest BCUT2D eigenvalue weighted by molar-refractivity contribution is 5.93. The number of rotatable bonds is 4.